The summed E-state index contributed by atoms with van der Waals surface area (Å²) in [6, 6.07) is 19.7. The highest BCUT2D eigenvalue weighted by molar-refractivity contribution is 7.91. The second kappa shape index (κ2) is 13.6. The first-order valence-electron chi connectivity index (χ1n) is 15.6. The Morgan fingerprint density at radius 2 is 1.85 bits per heavy atom. The SMILES string of the molecule is CN(C)CCS(=O)(=O)c1occc1Cn1c(=O)c(C(=O)c2ccccc2)cc2cnc(Nc3ccc(C4CCCN(C)C4)cc3)nc21. The number of nitrogens with zero attached hydrogens (tertiary/aromatic N) is 5. The lowest BCUT2D eigenvalue weighted by Crippen LogP contribution is -2.30. The minimum absolute atomic E-state index is 0.0718. The van der Waals surface area contributed by atoms with Crippen molar-refractivity contribution in [3.05, 3.63) is 112 Å². The molecule has 2 aromatic carbocycles. The molecule has 1 fully saturated rings. The van der Waals surface area contributed by atoms with Crippen LogP contribution >= 0.6 is 0 Å². The van der Waals surface area contributed by atoms with Gasteiger partial charge in [-0.1, -0.05) is 42.5 Å². The maximum Gasteiger partial charge on any atom is 0.263 e. The van der Waals surface area contributed by atoms with E-state index < -0.39 is 21.2 Å². The van der Waals surface area contributed by atoms with Crippen molar-refractivity contribution < 1.29 is 17.6 Å². The number of hydrogen-bond acceptors (Lipinski definition) is 10. The van der Waals surface area contributed by atoms with Crippen LogP contribution in [0.25, 0.3) is 11.0 Å². The van der Waals surface area contributed by atoms with Crippen LogP contribution in [0, 0.1) is 0 Å². The van der Waals surface area contributed by atoms with E-state index in [0.29, 0.717) is 23.4 Å². The number of carbonyl (C=O) groups excluding carboxylic acids is 1. The monoisotopic (exact) mass is 654 g/mol. The van der Waals surface area contributed by atoms with Crippen molar-refractivity contribution in [3.63, 3.8) is 0 Å². The predicted molar refractivity (Wildman–Crippen MR) is 181 cm³/mol. The van der Waals surface area contributed by atoms with Gasteiger partial charge in [0.05, 0.1) is 24.1 Å². The van der Waals surface area contributed by atoms with Crippen LogP contribution in [0.5, 0.6) is 0 Å². The molecule has 4 heterocycles. The number of likely N-dealkylation sites (N-methyl/N-ethyl adjacent to an activating group) is 1. The van der Waals surface area contributed by atoms with Crippen molar-refractivity contribution in [1.29, 1.82) is 0 Å². The Bertz CT molecular complexity index is 2060. The molecule has 0 aliphatic carbocycles. The molecule has 11 nitrogen and oxygen atoms in total. The molecule has 1 aliphatic rings. The molecule has 47 heavy (non-hydrogen) atoms. The van der Waals surface area contributed by atoms with E-state index in [-0.39, 0.29) is 40.1 Å². The van der Waals surface area contributed by atoms with E-state index in [1.165, 1.54) is 34.9 Å². The average molecular weight is 655 g/mol. The number of furan rings is 1. The molecule has 0 radical (unpaired) electrons. The fraction of sp³-hybridized carbons (Fsp3) is 0.314. The molecule has 0 bridgehead atoms. The van der Waals surface area contributed by atoms with Crippen LogP contribution in [0.2, 0.25) is 0 Å². The lowest BCUT2D eigenvalue weighted by Gasteiger charge is -2.30. The Kier molecular flexibility index (Phi) is 9.35. The number of piperidine rings is 1. The van der Waals surface area contributed by atoms with Gasteiger partial charge in [0.15, 0.2) is 5.78 Å². The lowest BCUT2D eigenvalue weighted by molar-refractivity contribution is 0.103. The number of anilines is 2. The molecule has 1 N–H and O–H groups in total. The van der Waals surface area contributed by atoms with E-state index in [1.54, 1.807) is 55.5 Å². The number of benzene rings is 2. The third-order valence-corrected chi connectivity index (χ3v) is 10.1. The van der Waals surface area contributed by atoms with E-state index in [2.05, 4.69) is 34.4 Å². The number of ketones is 1. The van der Waals surface area contributed by atoms with Crippen LogP contribution in [-0.4, -0.2) is 85.1 Å². The highest BCUT2D eigenvalue weighted by Crippen LogP contribution is 2.28. The van der Waals surface area contributed by atoms with Crippen molar-refractivity contribution in [3.8, 4) is 0 Å². The molecular weight excluding hydrogens is 616 g/mol. The van der Waals surface area contributed by atoms with Crippen LogP contribution in [0.4, 0.5) is 11.6 Å². The summed E-state index contributed by atoms with van der Waals surface area (Å²) in [7, 11) is 1.92. The van der Waals surface area contributed by atoms with Crippen LogP contribution in [0.15, 0.2) is 93.5 Å². The second-order valence-electron chi connectivity index (χ2n) is 12.3. The summed E-state index contributed by atoms with van der Waals surface area (Å²) in [4.78, 5) is 40.9. The van der Waals surface area contributed by atoms with Crippen LogP contribution < -0.4 is 10.9 Å². The van der Waals surface area contributed by atoms with Gasteiger partial charge in [0, 0.05) is 41.5 Å². The Hall–Kier alpha value is -4.65. The third kappa shape index (κ3) is 7.19. The van der Waals surface area contributed by atoms with Gasteiger partial charge in [-0.15, -0.1) is 0 Å². The van der Waals surface area contributed by atoms with Crippen LogP contribution in [-0.2, 0) is 16.4 Å². The smallest absolute Gasteiger partial charge is 0.263 e. The highest BCUT2D eigenvalue weighted by Gasteiger charge is 2.25. The van der Waals surface area contributed by atoms with Gasteiger partial charge < -0.3 is 19.5 Å². The molecule has 1 aliphatic heterocycles. The van der Waals surface area contributed by atoms with Gasteiger partial charge in [-0.25, -0.2) is 13.4 Å². The summed E-state index contributed by atoms with van der Waals surface area (Å²) in [5, 5.41) is 3.47. The van der Waals surface area contributed by atoms with Gasteiger partial charge in [0.2, 0.25) is 20.9 Å². The Morgan fingerprint density at radius 3 is 2.57 bits per heavy atom. The third-order valence-electron chi connectivity index (χ3n) is 8.49. The molecule has 0 saturated carbocycles. The molecule has 1 saturated heterocycles. The number of likely N-dealkylation sites (tertiary alicyclic amines) is 1. The number of carbonyl (C=O) groups is 1. The molecular formula is C35H38N6O5S. The number of sulfone groups is 1. The summed E-state index contributed by atoms with van der Waals surface area (Å²) < 4.78 is 33.2. The number of aromatic nitrogens is 3. The maximum atomic E-state index is 14.1. The van der Waals surface area contributed by atoms with Gasteiger partial charge in [0.1, 0.15) is 5.65 Å². The maximum absolute atomic E-state index is 14.1. The molecule has 0 spiro atoms. The molecule has 1 unspecified atom stereocenters. The fourth-order valence-corrected chi connectivity index (χ4v) is 7.48. The zero-order valence-electron chi connectivity index (χ0n) is 26.7. The van der Waals surface area contributed by atoms with Gasteiger partial charge in [-0.3, -0.25) is 14.2 Å². The lowest BCUT2D eigenvalue weighted by atomic mass is 9.91. The van der Waals surface area contributed by atoms with Crippen molar-refractivity contribution >= 4 is 38.3 Å². The summed E-state index contributed by atoms with van der Waals surface area (Å²) in [6.07, 6.45) is 5.18. The molecule has 244 valence electrons. The van der Waals surface area contributed by atoms with E-state index in [0.717, 1.165) is 25.2 Å². The van der Waals surface area contributed by atoms with Gasteiger partial charge >= 0.3 is 0 Å². The van der Waals surface area contributed by atoms with Gasteiger partial charge in [0.25, 0.3) is 5.56 Å². The zero-order valence-corrected chi connectivity index (χ0v) is 27.5. The normalized spacial score (nSPS) is 15.7. The average Bonchev–Trinajstić information content (AvgIpc) is 3.55. The van der Waals surface area contributed by atoms with Crippen molar-refractivity contribution in [2.75, 3.05) is 51.8 Å². The predicted octanol–water partition coefficient (Wildman–Crippen LogP) is 4.55. The highest BCUT2D eigenvalue weighted by atomic mass is 32.2. The van der Waals surface area contributed by atoms with E-state index in [4.69, 9.17) is 9.40 Å². The summed E-state index contributed by atoms with van der Waals surface area (Å²) in [5.74, 6) is 0.129. The zero-order chi connectivity index (χ0) is 33.1. The first-order valence-corrected chi connectivity index (χ1v) is 17.2. The van der Waals surface area contributed by atoms with Crippen LogP contribution in [0.1, 0.15) is 45.8 Å². The first-order chi connectivity index (χ1) is 22.6. The second-order valence-corrected chi connectivity index (χ2v) is 14.3. The molecule has 6 rings (SSSR count). The van der Waals surface area contributed by atoms with Crippen molar-refractivity contribution in [2.45, 2.75) is 30.4 Å². The van der Waals surface area contributed by atoms with E-state index in [9.17, 15) is 18.0 Å². The van der Waals surface area contributed by atoms with Gasteiger partial charge in [-0.05, 0) is 76.3 Å². The minimum Gasteiger partial charge on any atom is -0.453 e. The molecule has 5 aromatic rings. The number of rotatable bonds is 11. The largest absolute Gasteiger partial charge is 0.453 e. The van der Waals surface area contributed by atoms with E-state index >= 15 is 0 Å². The molecule has 3 aromatic heterocycles. The standard InChI is InChI=1S/C35H38N6O5S/c1-39(2)17-19-47(44,45)34-27(15-18-46-34)23-41-32-28(20-30(33(41)43)31(42)25-8-5-4-6-9-25)21-36-35(38-32)37-29-13-11-24(12-14-29)26-10-7-16-40(3)22-26/h4-6,8-9,11-15,18,20-21,26H,7,10,16-17,19,22-23H2,1-3H3,(H,36,37,38). The number of pyridine rings is 1. The van der Waals surface area contributed by atoms with Gasteiger partial charge in [-0.2, -0.15) is 4.98 Å². The fourth-order valence-electron chi connectivity index (χ4n) is 5.96. The van der Waals surface area contributed by atoms with E-state index in [1.807, 2.05) is 12.1 Å². The quantitative estimate of drug-likeness (QED) is 0.203. The summed E-state index contributed by atoms with van der Waals surface area (Å²) in [5.41, 5.74) is 2.28. The van der Waals surface area contributed by atoms with Crippen LogP contribution in [0.3, 0.4) is 0 Å². The number of fused-ring (bicyclic) bond motifs is 1. The summed E-state index contributed by atoms with van der Waals surface area (Å²) >= 11 is 0. The summed E-state index contributed by atoms with van der Waals surface area (Å²) in [6.45, 7) is 2.27. The van der Waals surface area contributed by atoms with Crippen molar-refractivity contribution in [2.24, 2.45) is 0 Å². The molecule has 1 atom stereocenters. The number of hydrogen-bond donors (Lipinski definition) is 1. The Morgan fingerprint density at radius 1 is 1.09 bits per heavy atom. The first kappa shape index (κ1) is 32.3. The topological polar surface area (TPSA) is 131 Å². The Balaban J connectivity index is 1.38. The number of nitrogens with one attached hydrogen (secondary N) is 1. The molecule has 0 amide bonds. The van der Waals surface area contributed by atoms with Crippen molar-refractivity contribution in [1.82, 2.24) is 24.3 Å². The minimum atomic E-state index is -3.80. The Labute approximate surface area is 273 Å². The molecule has 12 heteroatoms.